The summed E-state index contributed by atoms with van der Waals surface area (Å²) in [6.07, 6.45) is 4.44. The van der Waals surface area contributed by atoms with Crippen molar-refractivity contribution in [1.29, 1.82) is 0 Å². The van der Waals surface area contributed by atoms with Crippen molar-refractivity contribution in [3.8, 4) is 5.75 Å². The van der Waals surface area contributed by atoms with Crippen molar-refractivity contribution < 1.29 is 9.53 Å². The Kier molecular flexibility index (Phi) is 5.03. The van der Waals surface area contributed by atoms with Crippen LogP contribution in [0.25, 0.3) is 11.0 Å². The monoisotopic (exact) mass is 337 g/mol. The Bertz CT molecular complexity index is 868. The van der Waals surface area contributed by atoms with Crippen molar-refractivity contribution in [2.45, 2.75) is 32.9 Å². The smallest absolute Gasteiger partial charge is 0.253 e. The number of nitrogens with zero attached hydrogens (tertiary/aromatic N) is 2. The quantitative estimate of drug-likeness (QED) is 0.741. The summed E-state index contributed by atoms with van der Waals surface area (Å²) in [5.41, 5.74) is 2.57. The number of amides is 1. The first-order chi connectivity index (χ1) is 12.2. The van der Waals surface area contributed by atoms with Gasteiger partial charge in [-0.25, -0.2) is 4.98 Å². The molecule has 0 aliphatic heterocycles. The van der Waals surface area contributed by atoms with E-state index in [1.165, 1.54) is 0 Å². The Hall–Kier alpha value is -2.82. The Balaban J connectivity index is 1.87. The van der Waals surface area contributed by atoms with Crippen LogP contribution in [0.2, 0.25) is 0 Å². The van der Waals surface area contributed by atoms with Gasteiger partial charge in [0, 0.05) is 24.3 Å². The lowest BCUT2D eigenvalue weighted by atomic mass is 10.0. The number of carbonyl (C=O) groups is 1. The van der Waals surface area contributed by atoms with Crippen LogP contribution >= 0.6 is 0 Å². The fourth-order valence-corrected chi connectivity index (χ4v) is 3.04. The fraction of sp³-hybridized carbons (Fsp3) is 0.300. The Morgan fingerprint density at radius 3 is 2.64 bits per heavy atom. The summed E-state index contributed by atoms with van der Waals surface area (Å²) in [6, 6.07) is 11.6. The van der Waals surface area contributed by atoms with Crippen LogP contribution in [0.3, 0.4) is 0 Å². The van der Waals surface area contributed by atoms with Gasteiger partial charge in [-0.15, -0.1) is 0 Å². The van der Waals surface area contributed by atoms with Gasteiger partial charge < -0.3 is 14.6 Å². The molecular weight excluding hydrogens is 314 g/mol. The van der Waals surface area contributed by atoms with Gasteiger partial charge in [0.15, 0.2) is 0 Å². The molecule has 0 unspecified atom stereocenters. The van der Waals surface area contributed by atoms with Gasteiger partial charge in [-0.3, -0.25) is 4.79 Å². The van der Waals surface area contributed by atoms with Gasteiger partial charge >= 0.3 is 0 Å². The largest absolute Gasteiger partial charge is 0.497 e. The standard InChI is InChI=1S/C20H23N3O2/c1-4-18(14-8-10-15(25-3)11-9-14)22-20(24)17-13-23(5-2)19-16(17)7-6-12-21-19/h6-13,18H,4-5H2,1-3H3,(H,22,24)/t18-/m1/s1. The maximum atomic E-state index is 12.9. The Morgan fingerprint density at radius 1 is 1.24 bits per heavy atom. The van der Waals surface area contributed by atoms with Gasteiger partial charge in [-0.2, -0.15) is 0 Å². The highest BCUT2D eigenvalue weighted by Crippen LogP contribution is 2.23. The summed E-state index contributed by atoms with van der Waals surface area (Å²) in [6.45, 7) is 4.88. The first kappa shape index (κ1) is 17.0. The number of pyridine rings is 1. The van der Waals surface area contributed by atoms with E-state index >= 15 is 0 Å². The van der Waals surface area contributed by atoms with Crippen LogP contribution in [0.15, 0.2) is 48.8 Å². The maximum absolute atomic E-state index is 12.9. The average Bonchev–Trinajstić information content (AvgIpc) is 3.05. The molecule has 3 rings (SSSR count). The number of aryl methyl sites for hydroxylation is 1. The minimum Gasteiger partial charge on any atom is -0.497 e. The number of benzene rings is 1. The first-order valence-corrected chi connectivity index (χ1v) is 8.56. The average molecular weight is 337 g/mol. The zero-order valence-electron chi connectivity index (χ0n) is 14.8. The number of methoxy groups -OCH3 is 1. The molecule has 0 aliphatic rings. The highest BCUT2D eigenvalue weighted by molar-refractivity contribution is 6.06. The summed E-state index contributed by atoms with van der Waals surface area (Å²) >= 11 is 0. The van der Waals surface area contributed by atoms with E-state index in [1.54, 1.807) is 13.3 Å². The van der Waals surface area contributed by atoms with Crippen molar-refractivity contribution in [1.82, 2.24) is 14.9 Å². The number of hydrogen-bond donors (Lipinski definition) is 1. The lowest BCUT2D eigenvalue weighted by Crippen LogP contribution is -2.28. The molecule has 0 saturated carbocycles. The van der Waals surface area contributed by atoms with Crippen molar-refractivity contribution in [2.75, 3.05) is 7.11 Å². The number of aromatic nitrogens is 2. The molecule has 0 spiro atoms. The van der Waals surface area contributed by atoms with Crippen LogP contribution < -0.4 is 10.1 Å². The number of nitrogens with one attached hydrogen (secondary N) is 1. The molecule has 5 heteroatoms. The molecule has 0 aliphatic carbocycles. The van der Waals surface area contributed by atoms with Crippen molar-refractivity contribution in [2.24, 2.45) is 0 Å². The van der Waals surface area contributed by atoms with E-state index in [2.05, 4.69) is 17.2 Å². The van der Waals surface area contributed by atoms with Crippen LogP contribution in [-0.4, -0.2) is 22.6 Å². The lowest BCUT2D eigenvalue weighted by Gasteiger charge is -2.17. The van der Waals surface area contributed by atoms with Gasteiger partial charge in [0.1, 0.15) is 11.4 Å². The minimum absolute atomic E-state index is 0.0462. The molecule has 0 bridgehead atoms. The number of carbonyl (C=O) groups excluding carboxylic acids is 1. The molecule has 0 radical (unpaired) electrons. The third-order valence-corrected chi connectivity index (χ3v) is 4.45. The zero-order valence-corrected chi connectivity index (χ0v) is 14.8. The Labute approximate surface area is 147 Å². The maximum Gasteiger partial charge on any atom is 0.253 e. The topological polar surface area (TPSA) is 56.2 Å². The summed E-state index contributed by atoms with van der Waals surface area (Å²) < 4.78 is 7.20. The van der Waals surface area contributed by atoms with Gasteiger partial charge in [0.25, 0.3) is 5.91 Å². The van der Waals surface area contributed by atoms with Crippen molar-refractivity contribution in [3.05, 3.63) is 59.9 Å². The highest BCUT2D eigenvalue weighted by Gasteiger charge is 2.19. The molecule has 5 nitrogen and oxygen atoms in total. The summed E-state index contributed by atoms with van der Waals surface area (Å²) in [4.78, 5) is 17.3. The number of rotatable bonds is 6. The van der Waals surface area contributed by atoms with Crippen molar-refractivity contribution >= 4 is 16.9 Å². The van der Waals surface area contributed by atoms with E-state index < -0.39 is 0 Å². The number of hydrogen-bond acceptors (Lipinski definition) is 3. The van der Waals surface area contributed by atoms with Crippen LogP contribution in [-0.2, 0) is 6.54 Å². The molecule has 1 amide bonds. The second-order valence-electron chi connectivity index (χ2n) is 5.91. The third kappa shape index (κ3) is 3.36. The third-order valence-electron chi connectivity index (χ3n) is 4.45. The molecular formula is C20H23N3O2. The summed E-state index contributed by atoms with van der Waals surface area (Å²) in [5, 5.41) is 4.03. The van der Waals surface area contributed by atoms with Gasteiger partial charge in [0.05, 0.1) is 18.7 Å². The fourth-order valence-electron chi connectivity index (χ4n) is 3.04. The number of ether oxygens (including phenoxy) is 1. The molecule has 3 aromatic rings. The molecule has 0 fully saturated rings. The van der Waals surface area contributed by atoms with Gasteiger partial charge in [0.2, 0.25) is 0 Å². The molecule has 2 aromatic heterocycles. The number of fused-ring (bicyclic) bond motifs is 1. The van der Waals surface area contributed by atoms with E-state index in [0.29, 0.717) is 5.56 Å². The van der Waals surface area contributed by atoms with Crippen molar-refractivity contribution in [3.63, 3.8) is 0 Å². The highest BCUT2D eigenvalue weighted by atomic mass is 16.5. The van der Waals surface area contributed by atoms with E-state index in [-0.39, 0.29) is 11.9 Å². The summed E-state index contributed by atoms with van der Waals surface area (Å²) in [5.74, 6) is 0.731. The second kappa shape index (κ2) is 7.38. The van der Waals surface area contributed by atoms with E-state index in [0.717, 1.165) is 35.3 Å². The molecule has 1 aromatic carbocycles. The second-order valence-corrected chi connectivity index (χ2v) is 5.91. The predicted molar refractivity (Wildman–Crippen MR) is 98.9 cm³/mol. The lowest BCUT2D eigenvalue weighted by molar-refractivity contribution is 0.0937. The zero-order chi connectivity index (χ0) is 17.8. The van der Waals surface area contributed by atoms with Crippen LogP contribution in [0.5, 0.6) is 5.75 Å². The normalized spacial score (nSPS) is 12.1. The predicted octanol–water partition coefficient (Wildman–Crippen LogP) is 3.95. The van der Waals surface area contributed by atoms with Crippen LogP contribution in [0.4, 0.5) is 0 Å². The summed E-state index contributed by atoms with van der Waals surface area (Å²) in [7, 11) is 1.64. The first-order valence-electron chi connectivity index (χ1n) is 8.56. The molecule has 0 saturated heterocycles. The molecule has 1 N–H and O–H groups in total. The molecule has 25 heavy (non-hydrogen) atoms. The van der Waals surface area contributed by atoms with E-state index in [1.807, 2.05) is 54.1 Å². The van der Waals surface area contributed by atoms with Crippen LogP contribution in [0, 0.1) is 0 Å². The Morgan fingerprint density at radius 2 is 2.00 bits per heavy atom. The minimum atomic E-state index is -0.0760. The SMILES string of the molecule is CC[C@@H](NC(=O)c1cn(CC)c2ncccc12)c1ccc(OC)cc1. The molecule has 1 atom stereocenters. The van der Waals surface area contributed by atoms with Crippen LogP contribution in [0.1, 0.15) is 42.2 Å². The van der Waals surface area contributed by atoms with Gasteiger partial charge in [-0.05, 0) is 43.2 Å². The molecule has 130 valence electrons. The molecule has 2 heterocycles. The van der Waals surface area contributed by atoms with E-state index in [4.69, 9.17) is 4.74 Å². The van der Waals surface area contributed by atoms with E-state index in [9.17, 15) is 4.79 Å². The van der Waals surface area contributed by atoms with Gasteiger partial charge in [-0.1, -0.05) is 19.1 Å².